The lowest BCUT2D eigenvalue weighted by atomic mass is 9.67. The molecule has 8 heteroatoms. The molecule has 8 nitrogen and oxygen atoms in total. The number of piperidine rings is 1. The summed E-state index contributed by atoms with van der Waals surface area (Å²) >= 11 is 0. The number of hydrogen-bond acceptors (Lipinski definition) is 6. The topological polar surface area (TPSA) is 108 Å². The number of rotatable bonds is 5. The molecular weight excluding hydrogens is 384 g/mol. The Bertz CT molecular complexity index is 939. The zero-order chi connectivity index (χ0) is 20.9. The fourth-order valence-corrected chi connectivity index (χ4v) is 5.25. The Morgan fingerprint density at radius 3 is 2.60 bits per heavy atom. The number of amides is 4. The lowest BCUT2D eigenvalue weighted by Gasteiger charge is -2.37. The molecule has 158 valence electrons. The van der Waals surface area contributed by atoms with Crippen molar-refractivity contribution in [1.82, 2.24) is 20.9 Å². The standard InChI is InChI=1S/C22H26N4O4/c27-18-5-4-17(19(28)25-18)26-20(29)15-3-2-13(8-16(15)21(26)30)10-23-11-14-9-22(12-24-14)6-1-7-22/h2-3,8,14,17,23-24H,1,4-7,9-12H2,(H,25,27,28). The lowest BCUT2D eigenvalue weighted by molar-refractivity contribution is -0.136. The molecule has 30 heavy (non-hydrogen) atoms. The number of nitrogens with zero attached hydrogens (tertiary/aromatic N) is 1. The zero-order valence-corrected chi connectivity index (χ0v) is 16.8. The molecule has 4 amide bonds. The lowest BCUT2D eigenvalue weighted by Crippen LogP contribution is -2.54. The fourth-order valence-electron chi connectivity index (χ4n) is 5.25. The monoisotopic (exact) mass is 410 g/mol. The Balaban J connectivity index is 1.22. The van der Waals surface area contributed by atoms with Crippen molar-refractivity contribution in [2.45, 2.75) is 57.2 Å². The van der Waals surface area contributed by atoms with Crippen LogP contribution >= 0.6 is 0 Å². The summed E-state index contributed by atoms with van der Waals surface area (Å²) in [6, 6.07) is 4.80. The van der Waals surface area contributed by atoms with Crippen molar-refractivity contribution >= 4 is 23.6 Å². The molecule has 3 heterocycles. The highest BCUT2D eigenvalue weighted by Gasteiger charge is 2.45. The van der Waals surface area contributed by atoms with Crippen molar-refractivity contribution in [1.29, 1.82) is 0 Å². The van der Waals surface area contributed by atoms with Crippen LogP contribution in [0.15, 0.2) is 18.2 Å². The quantitative estimate of drug-likeness (QED) is 0.617. The Hall–Kier alpha value is -2.58. The van der Waals surface area contributed by atoms with Gasteiger partial charge in [-0.05, 0) is 48.8 Å². The van der Waals surface area contributed by atoms with Gasteiger partial charge in [-0.25, -0.2) is 0 Å². The largest absolute Gasteiger partial charge is 0.312 e. The highest BCUT2D eigenvalue weighted by Crippen LogP contribution is 2.46. The molecule has 1 aromatic carbocycles. The first-order valence-corrected chi connectivity index (χ1v) is 10.7. The van der Waals surface area contributed by atoms with Crippen molar-refractivity contribution < 1.29 is 19.2 Å². The molecule has 4 aliphatic rings. The van der Waals surface area contributed by atoms with Crippen LogP contribution in [0.4, 0.5) is 0 Å². The fraction of sp³-hybridized carbons (Fsp3) is 0.545. The minimum atomic E-state index is -0.927. The molecule has 3 aliphatic heterocycles. The van der Waals surface area contributed by atoms with Gasteiger partial charge in [-0.3, -0.25) is 29.4 Å². The normalized spacial score (nSPS) is 27.4. The Labute approximate surface area is 174 Å². The number of carbonyl (C=O) groups is 4. The van der Waals surface area contributed by atoms with Crippen LogP contribution in [0.3, 0.4) is 0 Å². The van der Waals surface area contributed by atoms with Gasteiger partial charge >= 0.3 is 0 Å². The van der Waals surface area contributed by atoms with E-state index in [2.05, 4.69) is 16.0 Å². The molecule has 1 aromatic rings. The van der Waals surface area contributed by atoms with Gasteiger partial charge in [0.05, 0.1) is 11.1 Å². The van der Waals surface area contributed by atoms with Crippen molar-refractivity contribution in [2.75, 3.05) is 13.1 Å². The summed E-state index contributed by atoms with van der Waals surface area (Å²) in [5, 5.41) is 9.28. The molecule has 0 radical (unpaired) electrons. The first-order chi connectivity index (χ1) is 14.5. The van der Waals surface area contributed by atoms with Gasteiger partial charge in [0.2, 0.25) is 11.8 Å². The summed E-state index contributed by atoms with van der Waals surface area (Å²) in [7, 11) is 0. The van der Waals surface area contributed by atoms with Crippen molar-refractivity contribution in [2.24, 2.45) is 5.41 Å². The van der Waals surface area contributed by atoms with Crippen LogP contribution in [0.25, 0.3) is 0 Å². The molecule has 2 unspecified atom stereocenters. The Morgan fingerprint density at radius 1 is 1.10 bits per heavy atom. The van der Waals surface area contributed by atoms with Crippen LogP contribution < -0.4 is 16.0 Å². The van der Waals surface area contributed by atoms with Crippen LogP contribution in [0.1, 0.15) is 64.8 Å². The molecule has 2 atom stereocenters. The van der Waals surface area contributed by atoms with Crippen molar-refractivity contribution in [3.63, 3.8) is 0 Å². The van der Waals surface area contributed by atoms with Gasteiger partial charge in [0.1, 0.15) is 6.04 Å². The maximum atomic E-state index is 12.9. The Kier molecular flexibility index (Phi) is 4.71. The molecule has 0 bridgehead atoms. The molecule has 3 N–H and O–H groups in total. The van der Waals surface area contributed by atoms with Gasteiger partial charge in [0.15, 0.2) is 0 Å². The van der Waals surface area contributed by atoms with Gasteiger partial charge in [0, 0.05) is 32.1 Å². The Morgan fingerprint density at radius 2 is 1.90 bits per heavy atom. The second kappa shape index (κ2) is 7.28. The van der Waals surface area contributed by atoms with Gasteiger partial charge in [-0.1, -0.05) is 12.5 Å². The molecule has 1 aliphatic carbocycles. The summed E-state index contributed by atoms with van der Waals surface area (Å²) in [5.74, 6) is -1.89. The van der Waals surface area contributed by atoms with E-state index in [1.807, 2.05) is 6.07 Å². The number of nitrogens with one attached hydrogen (secondary N) is 3. The van der Waals surface area contributed by atoms with Gasteiger partial charge in [-0.2, -0.15) is 0 Å². The molecule has 3 fully saturated rings. The SMILES string of the molecule is O=C1CCC(N2C(=O)c3ccc(CNCC4CC5(CCC5)CN4)cc3C2=O)C(=O)N1. The average molecular weight is 410 g/mol. The van der Waals surface area contributed by atoms with Gasteiger partial charge in [-0.15, -0.1) is 0 Å². The minimum Gasteiger partial charge on any atom is -0.312 e. The molecule has 1 spiro atoms. The van der Waals surface area contributed by atoms with Crippen LogP contribution in [-0.4, -0.2) is 53.7 Å². The summed E-state index contributed by atoms with van der Waals surface area (Å²) in [4.78, 5) is 50.2. The highest BCUT2D eigenvalue weighted by molar-refractivity contribution is 6.23. The van der Waals surface area contributed by atoms with Crippen LogP contribution in [0.5, 0.6) is 0 Å². The van der Waals surface area contributed by atoms with E-state index in [9.17, 15) is 19.2 Å². The van der Waals surface area contributed by atoms with Crippen molar-refractivity contribution in [3.8, 4) is 0 Å². The van der Waals surface area contributed by atoms with Gasteiger partial charge < -0.3 is 10.6 Å². The molecule has 2 saturated heterocycles. The number of hydrogen-bond donors (Lipinski definition) is 3. The van der Waals surface area contributed by atoms with E-state index >= 15 is 0 Å². The summed E-state index contributed by atoms with van der Waals surface area (Å²) < 4.78 is 0. The predicted octanol–water partition coefficient (Wildman–Crippen LogP) is 0.710. The number of imide groups is 2. The van der Waals surface area contributed by atoms with E-state index in [1.54, 1.807) is 12.1 Å². The molecule has 0 aromatic heterocycles. The number of carbonyl (C=O) groups excluding carboxylic acids is 4. The van der Waals surface area contributed by atoms with E-state index in [4.69, 9.17) is 0 Å². The average Bonchev–Trinajstić information content (AvgIpc) is 3.23. The second-order valence-corrected chi connectivity index (χ2v) is 9.09. The third-order valence-corrected chi connectivity index (χ3v) is 7.08. The number of benzene rings is 1. The highest BCUT2D eigenvalue weighted by atomic mass is 16.2. The maximum Gasteiger partial charge on any atom is 0.262 e. The molecular formula is C22H26N4O4. The third-order valence-electron chi connectivity index (χ3n) is 7.08. The zero-order valence-electron chi connectivity index (χ0n) is 16.8. The van der Waals surface area contributed by atoms with Crippen LogP contribution in [0, 0.1) is 5.41 Å². The van der Waals surface area contributed by atoms with E-state index < -0.39 is 23.8 Å². The van der Waals surface area contributed by atoms with E-state index in [1.165, 1.54) is 25.7 Å². The summed E-state index contributed by atoms with van der Waals surface area (Å²) in [6.45, 7) is 2.59. The maximum absolute atomic E-state index is 12.9. The number of fused-ring (bicyclic) bond motifs is 1. The summed E-state index contributed by atoms with van der Waals surface area (Å²) in [6.07, 6.45) is 5.52. The van der Waals surface area contributed by atoms with Crippen LogP contribution in [-0.2, 0) is 16.1 Å². The van der Waals surface area contributed by atoms with E-state index in [0.29, 0.717) is 29.1 Å². The molecule has 1 saturated carbocycles. The summed E-state index contributed by atoms with van der Waals surface area (Å²) in [5.41, 5.74) is 2.11. The van der Waals surface area contributed by atoms with Crippen molar-refractivity contribution in [3.05, 3.63) is 34.9 Å². The first kappa shape index (κ1) is 19.4. The molecule has 5 rings (SSSR count). The smallest absolute Gasteiger partial charge is 0.262 e. The van der Waals surface area contributed by atoms with E-state index in [-0.39, 0.29) is 18.7 Å². The minimum absolute atomic E-state index is 0.121. The third kappa shape index (κ3) is 3.24. The van der Waals surface area contributed by atoms with Crippen LogP contribution in [0.2, 0.25) is 0 Å². The van der Waals surface area contributed by atoms with E-state index in [0.717, 1.165) is 23.6 Å². The van der Waals surface area contributed by atoms with Gasteiger partial charge in [0.25, 0.3) is 11.8 Å². The first-order valence-electron chi connectivity index (χ1n) is 10.7. The second-order valence-electron chi connectivity index (χ2n) is 9.09. The predicted molar refractivity (Wildman–Crippen MR) is 108 cm³/mol.